The molecule has 1 heterocycles. The van der Waals surface area contributed by atoms with Crippen molar-refractivity contribution in [2.45, 2.75) is 27.2 Å². The lowest BCUT2D eigenvalue weighted by molar-refractivity contribution is -0.384. The predicted molar refractivity (Wildman–Crippen MR) is 126 cm³/mol. The zero-order valence-corrected chi connectivity index (χ0v) is 19.0. The average molecular weight is 450 g/mol. The van der Waals surface area contributed by atoms with Gasteiger partial charge >= 0.3 is 0 Å². The van der Waals surface area contributed by atoms with Crippen LogP contribution in [0.5, 0.6) is 11.5 Å². The number of carbonyl (C=O) groups excluding carboxylic acids is 1. The Morgan fingerprint density at radius 3 is 2.48 bits per heavy atom. The maximum atomic E-state index is 12.4. The van der Waals surface area contributed by atoms with E-state index in [0.29, 0.717) is 29.4 Å². The molecule has 0 aliphatic carbocycles. The summed E-state index contributed by atoms with van der Waals surface area (Å²) in [5.74, 6) is 0.757. The minimum Gasteiger partial charge on any atom is -0.496 e. The fraction of sp³-hybridized carbons (Fsp3) is 0.250. The van der Waals surface area contributed by atoms with Crippen LogP contribution in [0, 0.1) is 24.0 Å². The number of nitro benzene ring substituents is 1. The Kier molecular flexibility index (Phi) is 7.45. The molecule has 9 nitrogen and oxygen atoms in total. The molecule has 2 aromatic carbocycles. The van der Waals surface area contributed by atoms with Crippen LogP contribution in [-0.2, 0) is 0 Å². The highest BCUT2D eigenvalue weighted by Gasteiger charge is 2.20. The summed E-state index contributed by atoms with van der Waals surface area (Å²) in [5, 5.41) is 15.7. The molecule has 172 valence electrons. The molecule has 0 spiro atoms. The quantitative estimate of drug-likeness (QED) is 0.292. The molecule has 0 atom stereocenters. The molecule has 0 saturated heterocycles. The Bertz CT molecular complexity index is 1180. The Hall–Kier alpha value is -4.14. The molecule has 0 radical (unpaired) electrons. The van der Waals surface area contributed by atoms with Gasteiger partial charge in [-0.15, -0.1) is 0 Å². The van der Waals surface area contributed by atoms with E-state index in [0.717, 1.165) is 23.4 Å². The van der Waals surface area contributed by atoms with E-state index in [9.17, 15) is 14.9 Å². The Morgan fingerprint density at radius 2 is 1.85 bits per heavy atom. The third-order valence-corrected chi connectivity index (χ3v) is 5.05. The van der Waals surface area contributed by atoms with Crippen LogP contribution in [-0.4, -0.2) is 35.3 Å². The third kappa shape index (κ3) is 5.38. The van der Waals surface area contributed by atoms with Crippen molar-refractivity contribution in [1.82, 2.24) is 9.99 Å². The van der Waals surface area contributed by atoms with Crippen LogP contribution in [0.4, 0.5) is 5.69 Å². The number of methoxy groups -OCH3 is 1. The van der Waals surface area contributed by atoms with E-state index in [1.807, 2.05) is 26.8 Å². The molecule has 3 rings (SSSR count). The molecule has 0 unspecified atom stereocenters. The molecule has 1 amide bonds. The number of benzene rings is 2. The highest BCUT2D eigenvalue weighted by atomic mass is 16.6. The topological polar surface area (TPSA) is 108 Å². The number of nitrogens with zero attached hydrogens (tertiary/aromatic N) is 3. The number of nitro groups is 1. The van der Waals surface area contributed by atoms with E-state index in [-0.39, 0.29) is 11.6 Å². The first-order chi connectivity index (χ1) is 15.8. The van der Waals surface area contributed by atoms with Gasteiger partial charge in [0.1, 0.15) is 17.2 Å². The van der Waals surface area contributed by atoms with Crippen LogP contribution in [0.15, 0.2) is 53.6 Å². The molecular formula is C24H26N4O5. The molecule has 0 aliphatic heterocycles. The summed E-state index contributed by atoms with van der Waals surface area (Å²) >= 11 is 0. The van der Waals surface area contributed by atoms with Crippen LogP contribution < -0.4 is 14.9 Å². The second-order valence-electron chi connectivity index (χ2n) is 7.35. The molecule has 33 heavy (non-hydrogen) atoms. The Morgan fingerprint density at radius 1 is 1.15 bits per heavy atom. The minimum absolute atomic E-state index is 0.0701. The third-order valence-electron chi connectivity index (χ3n) is 5.05. The fourth-order valence-corrected chi connectivity index (χ4v) is 3.40. The zero-order valence-electron chi connectivity index (χ0n) is 19.0. The lowest BCUT2D eigenvalue weighted by Gasteiger charge is -2.11. The maximum Gasteiger partial charge on any atom is 0.296 e. The Labute approximate surface area is 191 Å². The molecule has 1 aromatic heterocycles. The summed E-state index contributed by atoms with van der Waals surface area (Å²) in [6.45, 7) is 6.32. The van der Waals surface area contributed by atoms with Gasteiger partial charge in [0, 0.05) is 22.5 Å². The van der Waals surface area contributed by atoms with Crippen molar-refractivity contribution in [3.8, 4) is 17.2 Å². The van der Waals surface area contributed by atoms with Gasteiger partial charge in [0.2, 0.25) is 0 Å². The predicted octanol–water partition coefficient (Wildman–Crippen LogP) is 4.56. The molecule has 3 aromatic rings. The van der Waals surface area contributed by atoms with Gasteiger partial charge in [-0.3, -0.25) is 14.9 Å². The van der Waals surface area contributed by atoms with Gasteiger partial charge in [0.05, 0.1) is 30.9 Å². The average Bonchev–Trinajstić information content (AvgIpc) is 3.10. The molecule has 0 saturated carbocycles. The van der Waals surface area contributed by atoms with E-state index in [4.69, 9.17) is 9.47 Å². The highest BCUT2D eigenvalue weighted by Crippen LogP contribution is 2.31. The first-order valence-corrected chi connectivity index (χ1v) is 10.4. The first kappa shape index (κ1) is 23.5. The number of ether oxygens (including phenoxy) is 2. The van der Waals surface area contributed by atoms with Crippen molar-refractivity contribution < 1.29 is 19.2 Å². The highest BCUT2D eigenvalue weighted by molar-refractivity contribution is 5.95. The number of aryl methyl sites for hydroxylation is 1. The lowest BCUT2D eigenvalue weighted by atomic mass is 10.2. The maximum absolute atomic E-state index is 12.4. The van der Waals surface area contributed by atoms with E-state index in [2.05, 4.69) is 10.5 Å². The van der Waals surface area contributed by atoms with Crippen molar-refractivity contribution >= 4 is 17.8 Å². The molecular weight excluding hydrogens is 424 g/mol. The molecule has 0 bridgehead atoms. The number of hydrogen-bond acceptors (Lipinski definition) is 6. The van der Waals surface area contributed by atoms with Gasteiger partial charge in [-0.1, -0.05) is 6.92 Å². The van der Waals surface area contributed by atoms with Gasteiger partial charge in [0.15, 0.2) is 0 Å². The Balaban J connectivity index is 1.78. The number of rotatable bonds is 9. The fourth-order valence-electron chi connectivity index (χ4n) is 3.40. The lowest BCUT2D eigenvalue weighted by Crippen LogP contribution is -2.17. The standard InChI is InChI=1S/C24H26N4O5/c1-5-12-33-20-8-6-18(7-9-20)24(29)26-25-15-19-13-16(2)27(17(19)3)22-11-10-21(32-4)14-23(22)28(30)31/h6-11,13-15H,5,12H2,1-4H3,(H,26,29)/b25-15-. The van der Waals surface area contributed by atoms with Gasteiger partial charge in [-0.2, -0.15) is 5.10 Å². The van der Waals surface area contributed by atoms with Gasteiger partial charge < -0.3 is 14.0 Å². The monoisotopic (exact) mass is 450 g/mol. The number of hydrazone groups is 1. The smallest absolute Gasteiger partial charge is 0.296 e. The summed E-state index contributed by atoms with van der Waals surface area (Å²) in [6.07, 6.45) is 2.42. The van der Waals surface area contributed by atoms with Crippen LogP contribution in [0.1, 0.15) is 40.7 Å². The summed E-state index contributed by atoms with van der Waals surface area (Å²) in [5.41, 5.74) is 5.57. The number of nitrogens with one attached hydrogen (secondary N) is 1. The number of aromatic nitrogens is 1. The van der Waals surface area contributed by atoms with Crippen LogP contribution >= 0.6 is 0 Å². The van der Waals surface area contributed by atoms with Crippen LogP contribution in [0.25, 0.3) is 5.69 Å². The molecule has 1 N–H and O–H groups in total. The second kappa shape index (κ2) is 10.4. The molecule has 9 heteroatoms. The first-order valence-electron chi connectivity index (χ1n) is 10.4. The number of carbonyl (C=O) groups is 1. The van der Waals surface area contributed by atoms with Crippen molar-refractivity contribution in [3.05, 3.63) is 81.2 Å². The summed E-state index contributed by atoms with van der Waals surface area (Å²) < 4.78 is 12.4. The van der Waals surface area contributed by atoms with E-state index in [1.165, 1.54) is 19.4 Å². The normalized spacial score (nSPS) is 10.9. The van der Waals surface area contributed by atoms with Crippen molar-refractivity contribution in [2.75, 3.05) is 13.7 Å². The van der Waals surface area contributed by atoms with Gasteiger partial charge in [-0.25, -0.2) is 5.43 Å². The number of hydrogen-bond donors (Lipinski definition) is 1. The summed E-state index contributed by atoms with van der Waals surface area (Å²) in [4.78, 5) is 23.5. The molecule has 0 aliphatic rings. The van der Waals surface area contributed by atoms with Crippen molar-refractivity contribution in [2.24, 2.45) is 5.10 Å². The summed E-state index contributed by atoms with van der Waals surface area (Å²) in [6, 6.07) is 13.4. The van der Waals surface area contributed by atoms with E-state index in [1.54, 1.807) is 41.0 Å². The SMILES string of the molecule is CCCOc1ccc(C(=O)N/N=C\c2cc(C)n(-c3ccc(OC)cc3[N+](=O)[O-])c2C)cc1. The number of amides is 1. The van der Waals surface area contributed by atoms with Crippen molar-refractivity contribution in [1.29, 1.82) is 0 Å². The zero-order chi connectivity index (χ0) is 24.0. The van der Waals surface area contributed by atoms with Gasteiger partial charge in [-0.05, 0) is 62.7 Å². The van der Waals surface area contributed by atoms with Crippen molar-refractivity contribution in [3.63, 3.8) is 0 Å². The second-order valence-corrected chi connectivity index (χ2v) is 7.35. The summed E-state index contributed by atoms with van der Waals surface area (Å²) in [7, 11) is 1.46. The van der Waals surface area contributed by atoms with E-state index < -0.39 is 4.92 Å². The molecule has 0 fully saturated rings. The largest absolute Gasteiger partial charge is 0.496 e. The minimum atomic E-state index is -0.441. The van der Waals surface area contributed by atoms with Crippen LogP contribution in [0.2, 0.25) is 0 Å². The van der Waals surface area contributed by atoms with Crippen LogP contribution in [0.3, 0.4) is 0 Å². The van der Waals surface area contributed by atoms with Gasteiger partial charge in [0.25, 0.3) is 11.6 Å². The van der Waals surface area contributed by atoms with E-state index >= 15 is 0 Å².